The fraction of sp³-hybridized carbons (Fsp3) is 0. The van der Waals surface area contributed by atoms with Crippen molar-refractivity contribution in [1.82, 2.24) is 19.1 Å². The van der Waals surface area contributed by atoms with E-state index in [1.54, 1.807) is 0 Å². The van der Waals surface area contributed by atoms with Gasteiger partial charge in [-0.15, -0.1) is 0 Å². The molecular weight excluding hydrogens is 761 g/mol. The number of fused-ring (bicyclic) bond motifs is 14. The van der Waals surface area contributed by atoms with E-state index in [0.717, 1.165) is 110 Å². The molecule has 288 valence electrons. The Bertz CT molecular complexity index is 4170. The lowest BCUT2D eigenvalue weighted by Crippen LogP contribution is -2.04. The molecule has 0 saturated heterocycles. The summed E-state index contributed by atoms with van der Waals surface area (Å²) in [5.74, 6) is 0.584. The standard InChI is InChI=1S/C56H32N4O2/c1-2-14-35(15-3-1)59-46-22-10-5-16-36(46)42-30-33(26-28-48(42)59)41-32-44-38-18-8-13-25-50(38)62-55(44)52-40-20-6-11-23-47(40)60(54(41)52)56-57-45-21-9-4-19-39(45)53(58-56)34-27-29-51-43(31-34)37-17-7-12-24-49(37)61-51/h1-32H. The quantitative estimate of drug-likeness (QED) is 0.178. The fourth-order valence-electron chi connectivity index (χ4n) is 10.0. The van der Waals surface area contributed by atoms with E-state index in [9.17, 15) is 0 Å². The predicted octanol–water partition coefficient (Wildman–Crippen LogP) is 15.0. The smallest absolute Gasteiger partial charge is 0.235 e. The first-order chi connectivity index (χ1) is 30.7. The molecule has 5 heterocycles. The number of aromatic nitrogens is 4. The summed E-state index contributed by atoms with van der Waals surface area (Å²) in [5.41, 5.74) is 13.7. The molecule has 9 aromatic carbocycles. The Morgan fingerprint density at radius 1 is 0.371 bits per heavy atom. The van der Waals surface area contributed by atoms with Crippen LogP contribution in [0.3, 0.4) is 0 Å². The summed E-state index contributed by atoms with van der Waals surface area (Å²) in [4.78, 5) is 10.9. The van der Waals surface area contributed by atoms with Crippen LogP contribution < -0.4 is 0 Å². The lowest BCUT2D eigenvalue weighted by atomic mass is 9.97. The Labute approximate surface area is 353 Å². The van der Waals surface area contributed by atoms with Gasteiger partial charge >= 0.3 is 0 Å². The van der Waals surface area contributed by atoms with E-state index in [0.29, 0.717) is 5.95 Å². The maximum atomic E-state index is 6.86. The van der Waals surface area contributed by atoms with Crippen LogP contribution >= 0.6 is 0 Å². The van der Waals surface area contributed by atoms with Crippen molar-refractivity contribution in [2.45, 2.75) is 0 Å². The first kappa shape index (κ1) is 33.4. The molecule has 0 saturated carbocycles. The summed E-state index contributed by atoms with van der Waals surface area (Å²) in [7, 11) is 0. The average Bonchev–Trinajstić information content (AvgIpc) is 4.08. The summed E-state index contributed by atoms with van der Waals surface area (Å²) < 4.78 is 17.7. The zero-order valence-electron chi connectivity index (χ0n) is 33.1. The summed E-state index contributed by atoms with van der Waals surface area (Å²) in [6.45, 7) is 0. The fourth-order valence-corrected chi connectivity index (χ4v) is 10.0. The van der Waals surface area contributed by atoms with Crippen LogP contribution in [0.5, 0.6) is 0 Å². The van der Waals surface area contributed by atoms with E-state index >= 15 is 0 Å². The molecule has 0 aliphatic rings. The molecule has 5 aromatic heterocycles. The average molecular weight is 793 g/mol. The van der Waals surface area contributed by atoms with Crippen LogP contribution in [0.4, 0.5) is 0 Å². The van der Waals surface area contributed by atoms with Gasteiger partial charge in [0.25, 0.3) is 0 Å². The van der Waals surface area contributed by atoms with Gasteiger partial charge in [-0.2, -0.15) is 0 Å². The minimum absolute atomic E-state index is 0.584. The van der Waals surface area contributed by atoms with Gasteiger partial charge in [-0.3, -0.25) is 4.57 Å². The number of benzene rings is 9. The number of para-hydroxylation sites is 6. The minimum Gasteiger partial charge on any atom is -0.456 e. The van der Waals surface area contributed by atoms with Gasteiger partial charge in [0.2, 0.25) is 5.95 Å². The van der Waals surface area contributed by atoms with E-state index in [1.807, 2.05) is 24.3 Å². The van der Waals surface area contributed by atoms with Crippen LogP contribution in [0.1, 0.15) is 0 Å². The van der Waals surface area contributed by atoms with E-state index in [4.69, 9.17) is 18.8 Å². The van der Waals surface area contributed by atoms with Gasteiger partial charge in [-0.25, -0.2) is 9.97 Å². The van der Waals surface area contributed by atoms with Gasteiger partial charge in [0, 0.05) is 59.9 Å². The van der Waals surface area contributed by atoms with Crippen LogP contribution in [0, 0.1) is 0 Å². The maximum Gasteiger partial charge on any atom is 0.235 e. The largest absolute Gasteiger partial charge is 0.456 e. The summed E-state index contributed by atoms with van der Waals surface area (Å²) >= 11 is 0. The van der Waals surface area contributed by atoms with Gasteiger partial charge in [-0.05, 0) is 84.4 Å². The lowest BCUT2D eigenvalue weighted by molar-refractivity contribution is 0.669. The van der Waals surface area contributed by atoms with Crippen LogP contribution in [0.25, 0.3) is 132 Å². The van der Waals surface area contributed by atoms with Crippen molar-refractivity contribution in [2.75, 3.05) is 0 Å². The van der Waals surface area contributed by atoms with Crippen LogP contribution in [0.15, 0.2) is 203 Å². The van der Waals surface area contributed by atoms with Crippen molar-refractivity contribution in [3.05, 3.63) is 194 Å². The second-order valence-corrected chi connectivity index (χ2v) is 16.1. The second kappa shape index (κ2) is 12.5. The van der Waals surface area contributed by atoms with Crippen LogP contribution in [-0.2, 0) is 0 Å². The highest BCUT2D eigenvalue weighted by Crippen LogP contribution is 2.46. The molecule has 0 atom stereocenters. The molecule has 14 rings (SSSR count). The molecule has 0 unspecified atom stereocenters. The number of hydrogen-bond donors (Lipinski definition) is 0. The van der Waals surface area contributed by atoms with E-state index in [-0.39, 0.29) is 0 Å². The van der Waals surface area contributed by atoms with E-state index in [1.165, 1.54) is 16.3 Å². The van der Waals surface area contributed by atoms with Crippen molar-refractivity contribution in [3.63, 3.8) is 0 Å². The normalized spacial score (nSPS) is 12.2. The molecule has 0 aliphatic heterocycles. The number of nitrogens with zero attached hydrogens (tertiary/aromatic N) is 4. The maximum absolute atomic E-state index is 6.86. The van der Waals surface area contributed by atoms with Gasteiger partial charge in [-0.1, -0.05) is 115 Å². The Morgan fingerprint density at radius 3 is 1.79 bits per heavy atom. The Balaban J connectivity index is 1.11. The van der Waals surface area contributed by atoms with Crippen molar-refractivity contribution >= 4 is 98.4 Å². The molecule has 62 heavy (non-hydrogen) atoms. The van der Waals surface area contributed by atoms with Crippen molar-refractivity contribution in [3.8, 4) is 34.0 Å². The Morgan fingerprint density at radius 2 is 0.968 bits per heavy atom. The molecule has 0 fully saturated rings. The molecule has 14 aromatic rings. The Hall–Kier alpha value is -8.48. The SMILES string of the molecule is c1ccc(-n2c3ccccc3c3cc(-c4cc5c6ccccc6oc5c5c6ccccc6n(-c6nc(-c7ccc8oc9ccccc9c8c7)c7ccccc7n6)c45)ccc32)cc1. The molecular formula is C56H32N4O2. The third kappa shape index (κ3) is 4.63. The monoisotopic (exact) mass is 792 g/mol. The molecule has 6 nitrogen and oxygen atoms in total. The number of furan rings is 2. The van der Waals surface area contributed by atoms with E-state index < -0.39 is 0 Å². The second-order valence-electron chi connectivity index (χ2n) is 16.1. The number of rotatable bonds is 4. The molecule has 6 heteroatoms. The number of hydrogen-bond acceptors (Lipinski definition) is 4. The zero-order chi connectivity index (χ0) is 40.5. The van der Waals surface area contributed by atoms with Gasteiger partial charge in [0.15, 0.2) is 0 Å². The first-order valence-corrected chi connectivity index (χ1v) is 20.9. The highest BCUT2D eigenvalue weighted by Gasteiger charge is 2.25. The van der Waals surface area contributed by atoms with Crippen LogP contribution in [0.2, 0.25) is 0 Å². The predicted molar refractivity (Wildman–Crippen MR) is 254 cm³/mol. The molecule has 0 aliphatic carbocycles. The summed E-state index contributed by atoms with van der Waals surface area (Å²) in [6.07, 6.45) is 0. The molecule has 0 spiro atoms. The van der Waals surface area contributed by atoms with Crippen molar-refractivity contribution < 1.29 is 8.83 Å². The topological polar surface area (TPSA) is 61.9 Å². The molecule has 0 amide bonds. The van der Waals surface area contributed by atoms with Crippen LogP contribution in [-0.4, -0.2) is 19.1 Å². The molecule has 0 radical (unpaired) electrons. The Kier molecular flexibility index (Phi) is 6.74. The highest BCUT2D eigenvalue weighted by atomic mass is 16.3. The van der Waals surface area contributed by atoms with Crippen molar-refractivity contribution in [2.24, 2.45) is 0 Å². The third-order valence-electron chi connectivity index (χ3n) is 12.7. The molecule has 0 N–H and O–H groups in total. The van der Waals surface area contributed by atoms with Gasteiger partial charge < -0.3 is 13.4 Å². The summed E-state index contributed by atoms with van der Waals surface area (Å²) in [5, 5.41) is 9.73. The summed E-state index contributed by atoms with van der Waals surface area (Å²) in [6, 6.07) is 68.3. The third-order valence-corrected chi connectivity index (χ3v) is 12.7. The first-order valence-electron chi connectivity index (χ1n) is 20.9. The lowest BCUT2D eigenvalue weighted by Gasteiger charge is -2.14. The minimum atomic E-state index is 0.584. The van der Waals surface area contributed by atoms with Crippen molar-refractivity contribution in [1.29, 1.82) is 0 Å². The highest BCUT2D eigenvalue weighted by molar-refractivity contribution is 6.27. The van der Waals surface area contributed by atoms with Gasteiger partial charge in [0.1, 0.15) is 22.3 Å². The van der Waals surface area contributed by atoms with Gasteiger partial charge in [0.05, 0.1) is 38.7 Å². The van der Waals surface area contributed by atoms with E-state index in [2.05, 4.69) is 179 Å². The zero-order valence-corrected chi connectivity index (χ0v) is 33.1. The molecule has 0 bridgehead atoms.